The van der Waals surface area contributed by atoms with Gasteiger partial charge in [0.2, 0.25) is 0 Å². The number of nitrogens with zero attached hydrogens (tertiary/aromatic N) is 5. The van der Waals surface area contributed by atoms with Crippen molar-refractivity contribution in [3.05, 3.63) is 59.4 Å². The quantitative estimate of drug-likeness (QED) is 0.377. The zero-order valence-electron chi connectivity index (χ0n) is 20.4. The third kappa shape index (κ3) is 4.61. The zero-order chi connectivity index (χ0) is 25.6. The van der Waals surface area contributed by atoms with Gasteiger partial charge < -0.3 is 14.6 Å². The second kappa shape index (κ2) is 9.53. The van der Waals surface area contributed by atoms with Gasteiger partial charge in [-0.25, -0.2) is 4.98 Å². The highest BCUT2D eigenvalue weighted by Crippen LogP contribution is 2.43. The van der Waals surface area contributed by atoms with Crippen molar-refractivity contribution in [3.8, 4) is 11.3 Å². The average molecular weight is 512 g/mol. The Labute approximate surface area is 211 Å². The number of hydrogen-bond acceptors (Lipinski definition) is 6. The molecule has 4 heterocycles. The van der Waals surface area contributed by atoms with Gasteiger partial charge in [-0.2, -0.15) is 18.3 Å². The summed E-state index contributed by atoms with van der Waals surface area (Å²) >= 11 is 0. The lowest BCUT2D eigenvalue weighted by Crippen LogP contribution is -2.29. The number of hydrogen-bond donors (Lipinski definition) is 2. The van der Waals surface area contributed by atoms with Gasteiger partial charge in [-0.05, 0) is 42.9 Å². The van der Waals surface area contributed by atoms with Crippen molar-refractivity contribution in [1.82, 2.24) is 35.3 Å². The SMILES string of the molecule is Cn1cnnc1[C@@H](c1cccc(-c2n[nH]c3c(CN[C@@H]4CCOC4)nc(C(F)(F)F)cc23)c1)C1CCC1. The number of alkyl halides is 3. The van der Waals surface area contributed by atoms with E-state index in [0.29, 0.717) is 35.7 Å². The van der Waals surface area contributed by atoms with E-state index in [1.54, 1.807) is 6.33 Å². The van der Waals surface area contributed by atoms with E-state index in [1.807, 2.05) is 29.8 Å². The minimum absolute atomic E-state index is 0.0622. The average Bonchev–Trinajstić information content (AvgIpc) is 3.60. The van der Waals surface area contributed by atoms with E-state index in [2.05, 4.69) is 36.8 Å². The fourth-order valence-electron chi connectivity index (χ4n) is 5.37. The Bertz CT molecular complexity index is 1400. The predicted molar refractivity (Wildman–Crippen MR) is 131 cm³/mol. The molecule has 0 bridgehead atoms. The van der Waals surface area contributed by atoms with Gasteiger partial charge in [0.1, 0.15) is 23.5 Å². The van der Waals surface area contributed by atoms with E-state index in [1.165, 1.54) is 6.42 Å². The molecule has 1 saturated carbocycles. The molecule has 4 aromatic rings. The predicted octanol–water partition coefficient (Wildman–Crippen LogP) is 4.58. The first-order chi connectivity index (χ1) is 17.9. The highest BCUT2D eigenvalue weighted by molar-refractivity contribution is 5.94. The molecule has 0 spiro atoms. The molecule has 0 unspecified atom stereocenters. The van der Waals surface area contributed by atoms with Crippen molar-refractivity contribution in [2.24, 2.45) is 13.0 Å². The standard InChI is InChI=1S/C26H28F3N7O/c1-36-14-31-35-25(36)22(15-4-2-5-15)16-6-3-7-17(10-16)23-19-11-21(26(27,28)29)32-20(24(19)34-33-23)12-30-18-8-9-37-13-18/h3,6-7,10-11,14-15,18,22,30H,2,4-5,8-9,12-13H2,1H3,(H,33,34)/t18-,22-/m1/s1. The van der Waals surface area contributed by atoms with Crippen molar-refractivity contribution in [3.63, 3.8) is 0 Å². The Morgan fingerprint density at radius 1 is 1.22 bits per heavy atom. The van der Waals surface area contributed by atoms with Crippen molar-refractivity contribution in [2.45, 2.75) is 50.4 Å². The number of pyridine rings is 1. The van der Waals surface area contributed by atoms with E-state index in [4.69, 9.17) is 4.74 Å². The molecule has 1 aliphatic carbocycles. The van der Waals surface area contributed by atoms with Crippen LogP contribution in [0.2, 0.25) is 0 Å². The third-order valence-corrected chi connectivity index (χ3v) is 7.57. The molecule has 2 aliphatic rings. The van der Waals surface area contributed by atoms with Gasteiger partial charge in [-0.1, -0.05) is 24.6 Å². The Kier molecular flexibility index (Phi) is 6.20. The number of nitrogens with one attached hydrogen (secondary N) is 2. The lowest BCUT2D eigenvalue weighted by atomic mass is 9.72. The smallest absolute Gasteiger partial charge is 0.380 e. The monoisotopic (exact) mass is 511 g/mol. The summed E-state index contributed by atoms with van der Waals surface area (Å²) in [5.74, 6) is 1.40. The summed E-state index contributed by atoms with van der Waals surface area (Å²) in [5.41, 5.74) is 2.15. The zero-order valence-corrected chi connectivity index (χ0v) is 20.4. The maximum atomic E-state index is 13.8. The Balaban J connectivity index is 1.41. The third-order valence-electron chi connectivity index (χ3n) is 7.57. The van der Waals surface area contributed by atoms with Gasteiger partial charge in [0.15, 0.2) is 0 Å². The molecule has 1 aliphatic heterocycles. The maximum absolute atomic E-state index is 13.8. The van der Waals surface area contributed by atoms with Gasteiger partial charge in [0.05, 0.1) is 17.8 Å². The summed E-state index contributed by atoms with van der Waals surface area (Å²) in [4.78, 5) is 3.95. The van der Waals surface area contributed by atoms with E-state index in [0.717, 1.165) is 42.3 Å². The molecule has 0 radical (unpaired) electrons. The van der Waals surface area contributed by atoms with Crippen LogP contribution in [0, 0.1) is 5.92 Å². The maximum Gasteiger partial charge on any atom is 0.433 e. The van der Waals surface area contributed by atoms with E-state index >= 15 is 0 Å². The molecule has 0 amide bonds. The highest BCUT2D eigenvalue weighted by atomic mass is 19.4. The Morgan fingerprint density at radius 3 is 2.76 bits per heavy atom. The molecule has 11 heteroatoms. The topological polar surface area (TPSA) is 93.5 Å². The fourth-order valence-corrected chi connectivity index (χ4v) is 5.37. The van der Waals surface area contributed by atoms with Crippen LogP contribution in [0.5, 0.6) is 0 Å². The van der Waals surface area contributed by atoms with Crippen LogP contribution in [0.1, 0.15) is 54.4 Å². The number of aromatic nitrogens is 6. The molecule has 2 fully saturated rings. The normalized spacial score (nSPS) is 19.4. The summed E-state index contributed by atoms with van der Waals surface area (Å²) in [6, 6.07) is 9.08. The van der Waals surface area contributed by atoms with Crippen LogP contribution >= 0.6 is 0 Å². The Morgan fingerprint density at radius 2 is 2.08 bits per heavy atom. The number of aromatic amines is 1. The van der Waals surface area contributed by atoms with Gasteiger partial charge >= 0.3 is 6.18 Å². The lowest BCUT2D eigenvalue weighted by molar-refractivity contribution is -0.141. The summed E-state index contributed by atoms with van der Waals surface area (Å²) in [6.45, 7) is 1.37. The van der Waals surface area contributed by atoms with Gasteiger partial charge in [0, 0.05) is 43.1 Å². The van der Waals surface area contributed by atoms with Crippen LogP contribution in [0.4, 0.5) is 13.2 Å². The molecule has 37 heavy (non-hydrogen) atoms. The van der Waals surface area contributed by atoms with Crippen LogP contribution in [0.25, 0.3) is 22.2 Å². The van der Waals surface area contributed by atoms with Crippen LogP contribution in [-0.2, 0) is 24.5 Å². The molecule has 3 aromatic heterocycles. The van der Waals surface area contributed by atoms with Crippen molar-refractivity contribution in [2.75, 3.05) is 13.2 Å². The number of halogens is 3. The first kappa shape index (κ1) is 24.1. The van der Waals surface area contributed by atoms with Crippen LogP contribution in [-0.4, -0.2) is 49.2 Å². The molecule has 1 saturated heterocycles. The number of H-pyrrole nitrogens is 1. The second-order valence-corrected chi connectivity index (χ2v) is 9.98. The summed E-state index contributed by atoms with van der Waals surface area (Å²) in [7, 11) is 1.94. The van der Waals surface area contributed by atoms with Gasteiger partial charge in [0.25, 0.3) is 0 Å². The van der Waals surface area contributed by atoms with Crippen molar-refractivity contribution >= 4 is 10.9 Å². The second-order valence-electron chi connectivity index (χ2n) is 9.98. The first-order valence-electron chi connectivity index (χ1n) is 12.6. The molecular weight excluding hydrogens is 483 g/mol. The van der Waals surface area contributed by atoms with Gasteiger partial charge in [-0.3, -0.25) is 5.10 Å². The molecule has 2 N–H and O–H groups in total. The summed E-state index contributed by atoms with van der Waals surface area (Å²) in [6.07, 6.45) is 1.34. The highest BCUT2D eigenvalue weighted by Gasteiger charge is 2.35. The summed E-state index contributed by atoms with van der Waals surface area (Å²) in [5, 5.41) is 19.6. The van der Waals surface area contributed by atoms with Crippen molar-refractivity contribution < 1.29 is 17.9 Å². The molecular formula is C26H28F3N7O. The van der Waals surface area contributed by atoms with Crippen LogP contribution in [0.15, 0.2) is 36.7 Å². The minimum Gasteiger partial charge on any atom is -0.380 e. The Hall–Kier alpha value is -3.31. The molecule has 1 aromatic carbocycles. The number of fused-ring (bicyclic) bond motifs is 1. The fraction of sp³-hybridized carbons (Fsp3) is 0.462. The number of benzene rings is 1. The molecule has 194 valence electrons. The van der Waals surface area contributed by atoms with Crippen LogP contribution in [0.3, 0.4) is 0 Å². The van der Waals surface area contributed by atoms with E-state index in [-0.39, 0.29) is 24.2 Å². The number of rotatable bonds is 7. The molecule has 2 atom stereocenters. The van der Waals surface area contributed by atoms with Gasteiger partial charge in [-0.15, -0.1) is 10.2 Å². The van der Waals surface area contributed by atoms with E-state index in [9.17, 15) is 13.2 Å². The largest absolute Gasteiger partial charge is 0.433 e. The lowest BCUT2D eigenvalue weighted by Gasteiger charge is -2.33. The molecule has 6 rings (SSSR count). The molecule has 8 nitrogen and oxygen atoms in total. The van der Waals surface area contributed by atoms with E-state index < -0.39 is 11.9 Å². The van der Waals surface area contributed by atoms with Crippen molar-refractivity contribution in [1.29, 1.82) is 0 Å². The number of aryl methyl sites for hydroxylation is 1. The number of ether oxygens (including phenoxy) is 1. The minimum atomic E-state index is -4.57. The van der Waals surface area contributed by atoms with Crippen LogP contribution < -0.4 is 5.32 Å². The summed E-state index contributed by atoms with van der Waals surface area (Å²) < 4.78 is 48.8. The first-order valence-corrected chi connectivity index (χ1v) is 12.6.